The fourth-order valence-electron chi connectivity index (χ4n) is 2.76. The van der Waals surface area contributed by atoms with Crippen molar-refractivity contribution < 1.29 is 4.79 Å². The summed E-state index contributed by atoms with van der Waals surface area (Å²) < 4.78 is 1.55. The Morgan fingerprint density at radius 3 is 2.11 bits per heavy atom. The van der Waals surface area contributed by atoms with Gasteiger partial charge in [-0.2, -0.15) is 4.68 Å². The maximum absolute atomic E-state index is 13.2. The van der Waals surface area contributed by atoms with Crippen molar-refractivity contribution in [3.8, 4) is 5.69 Å². The zero-order valence-corrected chi connectivity index (χ0v) is 14.9. The standard InChI is InChI=1S/C22H17N5O/c28-21(17-10-4-1-5-11-17)20(16-23-18-12-6-2-7-13-18)22-24-25-26-27(22)19-14-8-3-9-15-19/h1-16,23H. The average Bonchev–Trinajstić information content (AvgIpc) is 3.25. The number of hydrogen-bond donors (Lipinski definition) is 1. The van der Waals surface area contributed by atoms with E-state index in [1.165, 1.54) is 0 Å². The molecule has 0 unspecified atom stereocenters. The molecule has 0 atom stereocenters. The average molecular weight is 367 g/mol. The molecular weight excluding hydrogens is 350 g/mol. The summed E-state index contributed by atoms with van der Waals surface area (Å²) in [6.45, 7) is 0. The predicted octanol–water partition coefficient (Wildman–Crippen LogP) is 4.00. The molecular formula is C22H17N5O. The van der Waals surface area contributed by atoms with Gasteiger partial charge in [-0.05, 0) is 34.7 Å². The molecule has 0 amide bonds. The van der Waals surface area contributed by atoms with E-state index < -0.39 is 0 Å². The van der Waals surface area contributed by atoms with Gasteiger partial charge in [-0.3, -0.25) is 4.79 Å². The summed E-state index contributed by atoms with van der Waals surface area (Å²) >= 11 is 0. The van der Waals surface area contributed by atoms with E-state index in [2.05, 4.69) is 20.8 Å². The number of carbonyl (C=O) groups is 1. The molecule has 4 rings (SSSR count). The summed E-state index contributed by atoms with van der Waals surface area (Å²) in [5.41, 5.74) is 2.56. The molecule has 0 aliphatic heterocycles. The number of tetrazole rings is 1. The number of nitrogens with zero attached hydrogens (tertiary/aromatic N) is 4. The zero-order chi connectivity index (χ0) is 19.2. The summed E-state index contributed by atoms with van der Waals surface area (Å²) in [5.74, 6) is 0.194. The van der Waals surface area contributed by atoms with E-state index >= 15 is 0 Å². The Morgan fingerprint density at radius 1 is 0.821 bits per heavy atom. The van der Waals surface area contributed by atoms with Gasteiger partial charge in [-0.25, -0.2) is 0 Å². The number of aromatic nitrogens is 4. The van der Waals surface area contributed by atoms with Crippen molar-refractivity contribution in [1.29, 1.82) is 0 Å². The van der Waals surface area contributed by atoms with Gasteiger partial charge in [-0.1, -0.05) is 66.7 Å². The highest BCUT2D eigenvalue weighted by atomic mass is 16.1. The molecule has 3 aromatic carbocycles. The molecule has 6 heteroatoms. The minimum absolute atomic E-state index is 0.170. The maximum Gasteiger partial charge on any atom is 0.198 e. The molecule has 0 radical (unpaired) electrons. The Hall–Kier alpha value is -4.06. The molecule has 0 aliphatic rings. The number of carbonyl (C=O) groups excluding carboxylic acids is 1. The fourth-order valence-corrected chi connectivity index (χ4v) is 2.76. The molecule has 136 valence electrons. The lowest BCUT2D eigenvalue weighted by atomic mass is 10.0. The number of allylic oxidation sites excluding steroid dienone is 1. The van der Waals surface area contributed by atoms with Crippen LogP contribution >= 0.6 is 0 Å². The molecule has 1 aromatic heterocycles. The normalized spacial score (nSPS) is 11.2. The molecule has 0 fully saturated rings. The van der Waals surface area contributed by atoms with Crippen LogP contribution in [-0.2, 0) is 0 Å². The Balaban J connectivity index is 1.78. The van der Waals surface area contributed by atoms with Gasteiger partial charge in [0.2, 0.25) is 0 Å². The first-order valence-corrected chi connectivity index (χ1v) is 8.78. The highest BCUT2D eigenvalue weighted by Gasteiger charge is 2.21. The van der Waals surface area contributed by atoms with Crippen LogP contribution in [0.4, 0.5) is 5.69 Å². The zero-order valence-electron chi connectivity index (χ0n) is 14.9. The van der Waals surface area contributed by atoms with Crippen LogP contribution in [0, 0.1) is 0 Å². The van der Waals surface area contributed by atoms with Crippen LogP contribution in [0.5, 0.6) is 0 Å². The molecule has 0 saturated carbocycles. The van der Waals surface area contributed by atoms with Crippen LogP contribution in [0.1, 0.15) is 16.2 Å². The van der Waals surface area contributed by atoms with Crippen molar-refractivity contribution in [3.05, 3.63) is 109 Å². The molecule has 0 spiro atoms. The smallest absolute Gasteiger partial charge is 0.198 e. The lowest BCUT2D eigenvalue weighted by Crippen LogP contribution is -2.11. The van der Waals surface area contributed by atoms with E-state index in [1.54, 1.807) is 23.0 Å². The Morgan fingerprint density at radius 2 is 1.43 bits per heavy atom. The van der Waals surface area contributed by atoms with E-state index in [0.717, 1.165) is 11.4 Å². The molecule has 6 nitrogen and oxygen atoms in total. The topological polar surface area (TPSA) is 72.7 Å². The molecule has 0 saturated heterocycles. The van der Waals surface area contributed by atoms with Crippen LogP contribution in [-0.4, -0.2) is 26.0 Å². The first-order chi connectivity index (χ1) is 13.8. The Bertz CT molecular complexity index is 1090. The van der Waals surface area contributed by atoms with E-state index in [0.29, 0.717) is 17.0 Å². The third-order valence-electron chi connectivity index (χ3n) is 4.15. The third kappa shape index (κ3) is 3.71. The number of Topliss-reactive ketones (excluding diaryl/α,β-unsaturated/α-hetero) is 1. The van der Waals surface area contributed by atoms with Crippen molar-refractivity contribution in [3.63, 3.8) is 0 Å². The number of rotatable bonds is 6. The molecule has 0 aliphatic carbocycles. The van der Waals surface area contributed by atoms with Crippen molar-refractivity contribution >= 4 is 17.0 Å². The maximum atomic E-state index is 13.2. The van der Waals surface area contributed by atoms with E-state index in [9.17, 15) is 4.79 Å². The van der Waals surface area contributed by atoms with Gasteiger partial charge in [0.15, 0.2) is 11.6 Å². The molecule has 0 bridgehead atoms. The lowest BCUT2D eigenvalue weighted by molar-refractivity contribution is 0.105. The summed E-state index contributed by atoms with van der Waals surface area (Å²) in [6.07, 6.45) is 1.65. The van der Waals surface area contributed by atoms with Crippen LogP contribution in [0.15, 0.2) is 97.2 Å². The van der Waals surface area contributed by atoms with Crippen LogP contribution < -0.4 is 5.32 Å². The summed E-state index contributed by atoms with van der Waals surface area (Å²) in [4.78, 5) is 13.2. The molecule has 1 heterocycles. The van der Waals surface area contributed by atoms with Crippen LogP contribution in [0.25, 0.3) is 11.3 Å². The summed E-state index contributed by atoms with van der Waals surface area (Å²) in [5, 5.41) is 15.2. The van der Waals surface area contributed by atoms with Gasteiger partial charge in [0.05, 0.1) is 11.3 Å². The van der Waals surface area contributed by atoms with Crippen molar-refractivity contribution in [2.24, 2.45) is 0 Å². The fraction of sp³-hybridized carbons (Fsp3) is 0. The second-order valence-electron chi connectivity index (χ2n) is 6.01. The minimum atomic E-state index is -0.170. The van der Waals surface area contributed by atoms with Gasteiger partial charge in [-0.15, -0.1) is 5.10 Å². The van der Waals surface area contributed by atoms with Gasteiger partial charge in [0.25, 0.3) is 0 Å². The van der Waals surface area contributed by atoms with Gasteiger partial charge >= 0.3 is 0 Å². The quantitative estimate of drug-likeness (QED) is 0.412. The number of anilines is 1. The largest absolute Gasteiger partial charge is 0.361 e. The second kappa shape index (κ2) is 8.09. The number of hydrogen-bond acceptors (Lipinski definition) is 5. The van der Waals surface area contributed by atoms with E-state index in [4.69, 9.17) is 0 Å². The first-order valence-electron chi connectivity index (χ1n) is 8.78. The summed E-state index contributed by atoms with van der Waals surface area (Å²) in [6, 6.07) is 28.2. The van der Waals surface area contributed by atoms with Crippen LogP contribution in [0.2, 0.25) is 0 Å². The van der Waals surface area contributed by atoms with Crippen molar-refractivity contribution in [1.82, 2.24) is 20.2 Å². The number of nitrogens with one attached hydrogen (secondary N) is 1. The Kier molecular flexibility index (Phi) is 5.02. The van der Waals surface area contributed by atoms with E-state index in [1.807, 2.05) is 78.9 Å². The van der Waals surface area contributed by atoms with Crippen molar-refractivity contribution in [2.75, 3.05) is 5.32 Å². The number of benzene rings is 3. The van der Waals surface area contributed by atoms with Gasteiger partial charge in [0, 0.05) is 17.5 Å². The molecule has 28 heavy (non-hydrogen) atoms. The number of para-hydroxylation sites is 2. The summed E-state index contributed by atoms with van der Waals surface area (Å²) in [7, 11) is 0. The highest BCUT2D eigenvalue weighted by Crippen LogP contribution is 2.21. The Labute approximate surface area is 162 Å². The van der Waals surface area contributed by atoms with Gasteiger partial charge in [0.1, 0.15) is 0 Å². The van der Waals surface area contributed by atoms with Gasteiger partial charge < -0.3 is 5.32 Å². The van der Waals surface area contributed by atoms with E-state index in [-0.39, 0.29) is 5.78 Å². The predicted molar refractivity (Wildman–Crippen MR) is 108 cm³/mol. The van der Waals surface area contributed by atoms with Crippen molar-refractivity contribution in [2.45, 2.75) is 0 Å². The highest BCUT2D eigenvalue weighted by molar-refractivity contribution is 6.28. The molecule has 4 aromatic rings. The molecule has 1 N–H and O–H groups in total. The minimum Gasteiger partial charge on any atom is -0.361 e. The SMILES string of the molecule is O=C(C(=CNc1ccccc1)c1nnnn1-c1ccccc1)c1ccccc1. The first kappa shape index (κ1) is 17.4. The number of ketones is 1. The second-order valence-corrected chi connectivity index (χ2v) is 6.01. The lowest BCUT2D eigenvalue weighted by Gasteiger charge is -2.09. The monoisotopic (exact) mass is 367 g/mol. The van der Waals surface area contributed by atoms with Crippen LogP contribution in [0.3, 0.4) is 0 Å². The third-order valence-corrected chi connectivity index (χ3v) is 4.15.